The first kappa shape index (κ1) is 25.8. The molecule has 190 valence electrons. The van der Waals surface area contributed by atoms with Crippen LogP contribution in [0, 0.1) is 5.82 Å². The monoisotopic (exact) mass is 512 g/mol. The highest BCUT2D eigenvalue weighted by Gasteiger charge is 2.37. The first-order valence-electron chi connectivity index (χ1n) is 11.7. The Morgan fingerprint density at radius 1 is 1.14 bits per heavy atom. The van der Waals surface area contributed by atoms with Crippen LogP contribution in [-0.4, -0.2) is 50.4 Å². The molecule has 3 N–H and O–H groups in total. The number of carboxylic acid groups (broad SMARTS) is 1. The van der Waals surface area contributed by atoms with Crippen molar-refractivity contribution in [3.8, 4) is 11.1 Å². The van der Waals surface area contributed by atoms with Crippen LogP contribution in [0.1, 0.15) is 46.9 Å². The van der Waals surface area contributed by atoms with Gasteiger partial charge in [0.1, 0.15) is 5.82 Å². The van der Waals surface area contributed by atoms with Gasteiger partial charge in [-0.1, -0.05) is 44.0 Å². The minimum absolute atomic E-state index is 0.185. The Morgan fingerprint density at radius 2 is 1.86 bits per heavy atom. The molecule has 0 amide bonds. The van der Waals surface area contributed by atoms with E-state index in [2.05, 4.69) is 6.92 Å². The summed E-state index contributed by atoms with van der Waals surface area (Å²) in [5, 5.41) is 9.37. The van der Waals surface area contributed by atoms with E-state index >= 15 is 0 Å². The zero-order valence-electron chi connectivity index (χ0n) is 20.1. The number of unbranched alkanes of at least 4 members (excludes halogenated alkanes) is 1. The molecule has 1 atom stereocenters. The number of fused-ring (bicyclic) bond motifs is 1. The van der Waals surface area contributed by atoms with E-state index in [0.717, 1.165) is 37.1 Å². The van der Waals surface area contributed by atoms with Crippen molar-refractivity contribution in [2.24, 2.45) is 0 Å². The minimum Gasteiger partial charge on any atom is -0.478 e. The van der Waals surface area contributed by atoms with Crippen molar-refractivity contribution in [3.63, 3.8) is 0 Å². The Balaban J connectivity index is 1.97. The lowest BCUT2D eigenvalue weighted by Gasteiger charge is -2.43. The molecule has 3 aromatic rings. The van der Waals surface area contributed by atoms with Gasteiger partial charge in [-0.2, -0.15) is 0 Å². The van der Waals surface area contributed by atoms with Gasteiger partial charge in [-0.25, -0.2) is 13.5 Å². The molecule has 0 fully saturated rings. The van der Waals surface area contributed by atoms with E-state index in [1.54, 1.807) is 17.4 Å². The van der Waals surface area contributed by atoms with E-state index in [4.69, 9.17) is 0 Å². The molecule has 0 aromatic heterocycles. The van der Waals surface area contributed by atoms with Crippen molar-refractivity contribution >= 4 is 34.4 Å². The molecule has 4 rings (SSSR count). The lowest BCUT2D eigenvalue weighted by atomic mass is 9.97. The zero-order chi connectivity index (χ0) is 26.0. The quantitative estimate of drug-likeness (QED) is 0.304. The summed E-state index contributed by atoms with van der Waals surface area (Å²) in [6, 6.07) is 16.0. The maximum Gasteiger partial charge on any atom is 0.338 e. The lowest BCUT2D eigenvalue weighted by molar-refractivity contribution is 0.0691. The van der Waals surface area contributed by atoms with E-state index in [-0.39, 0.29) is 22.1 Å². The number of benzene rings is 3. The van der Waals surface area contributed by atoms with Gasteiger partial charge in [0.2, 0.25) is 0 Å². The van der Waals surface area contributed by atoms with Crippen molar-refractivity contribution in [3.05, 3.63) is 77.6 Å². The summed E-state index contributed by atoms with van der Waals surface area (Å²) in [5.74, 6) is -2.33. The Labute approximate surface area is 211 Å². The summed E-state index contributed by atoms with van der Waals surface area (Å²) in [5.41, 5.74) is 1.59. The van der Waals surface area contributed by atoms with E-state index in [1.165, 1.54) is 12.1 Å². The fourth-order valence-electron chi connectivity index (χ4n) is 4.57. The van der Waals surface area contributed by atoms with Gasteiger partial charge < -0.3 is 10.0 Å². The summed E-state index contributed by atoms with van der Waals surface area (Å²) >= 11 is 0. The first-order valence-corrected chi connectivity index (χ1v) is 13.2. The van der Waals surface area contributed by atoms with Crippen molar-refractivity contribution < 1.29 is 28.2 Å². The largest absolute Gasteiger partial charge is 0.478 e. The number of carboxylic acids is 1. The maximum atomic E-state index is 14.1. The third-order valence-corrected chi connectivity index (χ3v) is 8.64. The highest BCUT2D eigenvalue weighted by molar-refractivity contribution is 8.22. The summed E-state index contributed by atoms with van der Waals surface area (Å²) in [6.45, 7) is 2.55. The maximum absolute atomic E-state index is 14.1. The summed E-state index contributed by atoms with van der Waals surface area (Å²) in [6.07, 6.45) is 3.24. The zero-order valence-corrected chi connectivity index (χ0v) is 20.9. The number of anilines is 2. The van der Waals surface area contributed by atoms with Crippen LogP contribution in [-0.2, 0) is 0 Å². The fraction of sp³-hybridized carbons (Fsp3) is 0.259. The average molecular weight is 513 g/mol. The predicted molar refractivity (Wildman–Crippen MR) is 140 cm³/mol. The number of aldehydes is 1. The molecule has 0 aliphatic carbocycles. The number of hydrogen-bond donors (Lipinski definition) is 3. The molecular formula is C27H29FN2O5S. The molecule has 7 nitrogen and oxygen atoms in total. The summed E-state index contributed by atoms with van der Waals surface area (Å²) in [4.78, 5) is 25.9. The van der Waals surface area contributed by atoms with Crippen LogP contribution in [0.4, 0.5) is 15.8 Å². The second-order valence-electron chi connectivity index (χ2n) is 8.83. The Kier molecular flexibility index (Phi) is 7.46. The van der Waals surface area contributed by atoms with Gasteiger partial charge >= 0.3 is 5.97 Å². The van der Waals surface area contributed by atoms with E-state index < -0.39 is 28.1 Å². The minimum atomic E-state index is -3.48. The topological polar surface area (TPSA) is 101 Å². The van der Waals surface area contributed by atoms with Gasteiger partial charge in [-0.15, -0.1) is 10.8 Å². The molecule has 9 heteroatoms. The molecule has 0 saturated carbocycles. The van der Waals surface area contributed by atoms with E-state index in [0.29, 0.717) is 24.1 Å². The van der Waals surface area contributed by atoms with E-state index in [9.17, 15) is 28.2 Å². The van der Waals surface area contributed by atoms with Crippen LogP contribution >= 0.6 is 10.8 Å². The predicted octanol–water partition coefficient (Wildman–Crippen LogP) is 6.67. The van der Waals surface area contributed by atoms with Gasteiger partial charge in [0.05, 0.1) is 16.1 Å². The molecule has 1 aliphatic rings. The number of carbonyl (C=O) groups excluding carboxylic acids is 1. The molecule has 1 aliphatic heterocycles. The fourth-order valence-corrected chi connectivity index (χ4v) is 6.20. The van der Waals surface area contributed by atoms with Crippen LogP contribution in [0.2, 0.25) is 0 Å². The van der Waals surface area contributed by atoms with Crippen LogP contribution < -0.4 is 4.90 Å². The third kappa shape index (κ3) is 4.75. The van der Waals surface area contributed by atoms with Crippen LogP contribution in [0.25, 0.3) is 11.1 Å². The van der Waals surface area contributed by atoms with Crippen LogP contribution in [0.5, 0.6) is 0 Å². The van der Waals surface area contributed by atoms with Crippen molar-refractivity contribution in [1.82, 2.24) is 4.31 Å². The lowest BCUT2D eigenvalue weighted by Crippen LogP contribution is -2.39. The standard InChI is InChI=1S/C27H29FN2O5S/c1-3-4-8-21-16-30(20-9-6-5-7-10-20)25-14-19(17-31)22(15-26(25)36(34,35)29(21)2)18-11-12-24(28)23(13-18)27(32)33/h5-7,9-15,17,21,34-35H,3-4,8,16H2,1-2H3,(H,32,33). The molecule has 0 radical (unpaired) electrons. The molecule has 0 bridgehead atoms. The van der Waals surface area contributed by atoms with Crippen molar-refractivity contribution in [2.45, 2.75) is 37.1 Å². The molecule has 3 aromatic carbocycles. The van der Waals surface area contributed by atoms with E-state index in [1.807, 2.05) is 35.2 Å². The molecule has 1 heterocycles. The SMILES string of the molecule is CCCCC1CN(c2ccccc2)c2cc(C=O)c(-c3ccc(F)c(C(=O)O)c3)cc2S(O)(O)N1C. The first-order chi connectivity index (χ1) is 17.2. The van der Waals surface area contributed by atoms with Gasteiger partial charge in [-0.05, 0) is 53.9 Å². The van der Waals surface area contributed by atoms with Gasteiger partial charge in [0, 0.05) is 30.9 Å². The molecular weight excluding hydrogens is 483 g/mol. The summed E-state index contributed by atoms with van der Waals surface area (Å²) < 4.78 is 38.7. The number of hydrogen-bond acceptors (Lipinski definition) is 6. The molecule has 36 heavy (non-hydrogen) atoms. The third-order valence-electron chi connectivity index (χ3n) is 6.62. The van der Waals surface area contributed by atoms with Gasteiger partial charge in [0.15, 0.2) is 6.29 Å². The van der Waals surface area contributed by atoms with Crippen molar-refractivity contribution in [2.75, 3.05) is 18.5 Å². The molecule has 1 unspecified atom stereocenters. The highest BCUT2D eigenvalue weighted by atomic mass is 32.3. The van der Waals surface area contributed by atoms with Gasteiger partial charge in [0.25, 0.3) is 0 Å². The number of likely N-dealkylation sites (N-methyl/N-ethyl adjacent to an activating group) is 1. The Hall–Kier alpha value is -3.24. The van der Waals surface area contributed by atoms with Gasteiger partial charge in [-0.3, -0.25) is 13.9 Å². The van der Waals surface area contributed by atoms with Crippen molar-refractivity contribution in [1.29, 1.82) is 0 Å². The number of para-hydroxylation sites is 1. The average Bonchev–Trinajstić information content (AvgIpc) is 2.95. The second-order valence-corrected chi connectivity index (χ2v) is 10.9. The highest BCUT2D eigenvalue weighted by Crippen LogP contribution is 2.59. The van der Waals surface area contributed by atoms with Crippen LogP contribution in [0.3, 0.4) is 0 Å². The molecule has 0 saturated heterocycles. The number of halogens is 1. The van der Waals surface area contributed by atoms with Crippen LogP contribution in [0.15, 0.2) is 65.6 Å². The number of nitrogens with zero attached hydrogens (tertiary/aromatic N) is 2. The normalized spacial score (nSPS) is 18.2. The summed E-state index contributed by atoms with van der Waals surface area (Å²) in [7, 11) is -1.80. The smallest absolute Gasteiger partial charge is 0.338 e. The number of carbonyl (C=O) groups is 2. The number of aromatic carboxylic acids is 1. The Morgan fingerprint density at radius 3 is 2.50 bits per heavy atom. The second kappa shape index (κ2) is 10.4. The Bertz CT molecular complexity index is 1280. The molecule has 0 spiro atoms. The number of rotatable bonds is 7.